The van der Waals surface area contributed by atoms with E-state index in [1.165, 1.54) is 6.20 Å². The van der Waals surface area contributed by atoms with Crippen LogP contribution in [0.1, 0.15) is 31.6 Å². The van der Waals surface area contributed by atoms with E-state index in [0.717, 1.165) is 5.56 Å². The van der Waals surface area contributed by atoms with Gasteiger partial charge in [-0.25, -0.2) is 4.98 Å². The predicted octanol–water partition coefficient (Wildman–Crippen LogP) is 4.33. The molecule has 1 N–H and O–H groups in total. The number of nitrogens with zero attached hydrogens (tertiary/aromatic N) is 1. The molecule has 0 radical (unpaired) electrons. The molecule has 1 aromatic heterocycles. The Morgan fingerprint density at radius 2 is 1.92 bits per heavy atom. The summed E-state index contributed by atoms with van der Waals surface area (Å²) in [6.45, 7) is -0.0211. The topological polar surface area (TPSA) is 55.1 Å². The van der Waals surface area contributed by atoms with Gasteiger partial charge in [-0.1, -0.05) is 43.2 Å². The Balaban J connectivity index is 1.61. The zero-order valence-corrected chi connectivity index (χ0v) is 13.6. The molecule has 0 aliphatic heterocycles. The highest BCUT2D eigenvalue weighted by Crippen LogP contribution is 2.41. The molecule has 1 aliphatic rings. The lowest BCUT2D eigenvalue weighted by atomic mass is 9.78. The first kappa shape index (κ1) is 17.5. The lowest BCUT2D eigenvalue weighted by Crippen LogP contribution is -2.42. The summed E-state index contributed by atoms with van der Waals surface area (Å²) in [4.78, 5) is 16.3. The third-order valence-corrected chi connectivity index (χ3v) is 4.55. The van der Waals surface area contributed by atoms with E-state index in [1.54, 1.807) is 0 Å². The van der Waals surface area contributed by atoms with Crippen LogP contribution in [0, 0.1) is 11.8 Å². The first-order valence-corrected chi connectivity index (χ1v) is 8.29. The standard InChI is InChI=1S/C18H19F3N2O2/c19-18(20,21)14-9-5-4-8-13(14)17(24)23-11-16-22-10-15(25-16)12-6-2-1-3-7-12/h1-3,6-7,10,13-14H,4-5,8-9,11H2,(H,23,24). The van der Waals surface area contributed by atoms with Gasteiger partial charge in [0.1, 0.15) is 0 Å². The van der Waals surface area contributed by atoms with Crippen LogP contribution in [0.25, 0.3) is 11.3 Å². The predicted molar refractivity (Wildman–Crippen MR) is 85.3 cm³/mol. The Bertz CT molecular complexity index is 713. The molecular formula is C18H19F3N2O2. The van der Waals surface area contributed by atoms with Gasteiger partial charge in [0.25, 0.3) is 0 Å². The Morgan fingerprint density at radius 1 is 1.20 bits per heavy atom. The largest absolute Gasteiger partial charge is 0.439 e. The Morgan fingerprint density at radius 3 is 2.64 bits per heavy atom. The van der Waals surface area contributed by atoms with Gasteiger partial charge in [-0.3, -0.25) is 4.79 Å². The molecule has 3 rings (SSSR count). The van der Waals surface area contributed by atoms with Crippen molar-refractivity contribution in [1.29, 1.82) is 0 Å². The number of amides is 1. The summed E-state index contributed by atoms with van der Waals surface area (Å²) < 4.78 is 44.8. The van der Waals surface area contributed by atoms with Crippen LogP contribution in [0.4, 0.5) is 13.2 Å². The highest BCUT2D eigenvalue weighted by atomic mass is 19.4. The van der Waals surface area contributed by atoms with Crippen LogP contribution in [-0.4, -0.2) is 17.1 Å². The summed E-state index contributed by atoms with van der Waals surface area (Å²) >= 11 is 0. The van der Waals surface area contributed by atoms with E-state index in [2.05, 4.69) is 10.3 Å². The SMILES string of the molecule is O=C(NCc1ncc(-c2ccccc2)o1)C1CCCCC1C(F)(F)F. The number of aromatic nitrogens is 1. The van der Waals surface area contributed by atoms with Crippen LogP contribution in [0.3, 0.4) is 0 Å². The molecule has 1 fully saturated rings. The van der Waals surface area contributed by atoms with Crippen molar-refractivity contribution in [1.82, 2.24) is 10.3 Å². The maximum absolute atomic E-state index is 13.1. The van der Waals surface area contributed by atoms with Crippen molar-refractivity contribution in [2.24, 2.45) is 11.8 Å². The number of alkyl halides is 3. The van der Waals surface area contributed by atoms with Gasteiger partial charge in [-0.15, -0.1) is 0 Å². The van der Waals surface area contributed by atoms with Crippen molar-refractivity contribution in [3.63, 3.8) is 0 Å². The fourth-order valence-corrected chi connectivity index (χ4v) is 3.26. The van der Waals surface area contributed by atoms with Gasteiger partial charge >= 0.3 is 6.18 Å². The fraction of sp³-hybridized carbons (Fsp3) is 0.444. The van der Waals surface area contributed by atoms with Crippen molar-refractivity contribution in [3.8, 4) is 11.3 Å². The average molecular weight is 352 g/mol. The summed E-state index contributed by atoms with van der Waals surface area (Å²) in [5.74, 6) is -2.35. The molecular weight excluding hydrogens is 333 g/mol. The second-order valence-corrected chi connectivity index (χ2v) is 6.24. The van der Waals surface area contributed by atoms with E-state index in [9.17, 15) is 18.0 Å². The molecule has 1 aliphatic carbocycles. The summed E-state index contributed by atoms with van der Waals surface area (Å²) in [7, 11) is 0. The van der Waals surface area contributed by atoms with Crippen LogP contribution >= 0.6 is 0 Å². The molecule has 1 amide bonds. The quantitative estimate of drug-likeness (QED) is 0.891. The number of hydrogen-bond acceptors (Lipinski definition) is 3. The summed E-state index contributed by atoms with van der Waals surface area (Å²) in [6.07, 6.45) is -1.38. The van der Waals surface area contributed by atoms with Gasteiger partial charge in [0.15, 0.2) is 5.76 Å². The van der Waals surface area contributed by atoms with Crippen molar-refractivity contribution >= 4 is 5.91 Å². The fourth-order valence-electron chi connectivity index (χ4n) is 3.26. The minimum atomic E-state index is -4.34. The van der Waals surface area contributed by atoms with Crippen LogP contribution in [0.5, 0.6) is 0 Å². The van der Waals surface area contributed by atoms with Crippen molar-refractivity contribution in [2.75, 3.05) is 0 Å². The molecule has 25 heavy (non-hydrogen) atoms. The van der Waals surface area contributed by atoms with E-state index >= 15 is 0 Å². The van der Waals surface area contributed by atoms with Gasteiger partial charge < -0.3 is 9.73 Å². The zero-order chi connectivity index (χ0) is 17.9. The highest BCUT2D eigenvalue weighted by Gasteiger charge is 2.47. The average Bonchev–Trinajstić information content (AvgIpc) is 3.09. The molecule has 2 atom stereocenters. The van der Waals surface area contributed by atoms with Gasteiger partial charge in [-0.05, 0) is 12.8 Å². The minimum Gasteiger partial charge on any atom is -0.439 e. The maximum Gasteiger partial charge on any atom is 0.392 e. The van der Waals surface area contributed by atoms with Crippen LogP contribution < -0.4 is 5.32 Å². The molecule has 1 heterocycles. The van der Waals surface area contributed by atoms with Gasteiger partial charge in [-0.2, -0.15) is 13.2 Å². The summed E-state index contributed by atoms with van der Waals surface area (Å²) in [6, 6.07) is 9.32. The number of halogens is 3. The molecule has 0 saturated heterocycles. The first-order valence-electron chi connectivity index (χ1n) is 8.29. The number of benzene rings is 1. The molecule has 4 nitrogen and oxygen atoms in total. The molecule has 2 aromatic rings. The number of carbonyl (C=O) groups is 1. The van der Waals surface area contributed by atoms with E-state index in [4.69, 9.17) is 4.42 Å². The van der Waals surface area contributed by atoms with Crippen molar-refractivity contribution in [2.45, 2.75) is 38.4 Å². The van der Waals surface area contributed by atoms with Crippen molar-refractivity contribution in [3.05, 3.63) is 42.4 Å². The van der Waals surface area contributed by atoms with Gasteiger partial charge in [0.2, 0.25) is 11.8 Å². The number of hydrogen-bond donors (Lipinski definition) is 1. The van der Waals surface area contributed by atoms with Crippen molar-refractivity contribution < 1.29 is 22.4 Å². The summed E-state index contributed by atoms with van der Waals surface area (Å²) in [5, 5.41) is 2.54. The number of carbonyl (C=O) groups excluding carboxylic acids is 1. The number of rotatable bonds is 4. The Kier molecular flexibility index (Phi) is 5.11. The lowest BCUT2D eigenvalue weighted by Gasteiger charge is -2.31. The smallest absolute Gasteiger partial charge is 0.392 e. The Hall–Kier alpha value is -2.31. The third-order valence-electron chi connectivity index (χ3n) is 4.55. The molecule has 2 unspecified atom stereocenters. The van der Waals surface area contributed by atoms with E-state index in [-0.39, 0.29) is 25.3 Å². The minimum absolute atomic E-state index is 0.0126. The molecule has 7 heteroatoms. The molecule has 1 aromatic carbocycles. The van der Waals surface area contributed by atoms with Gasteiger partial charge in [0.05, 0.1) is 18.7 Å². The third kappa shape index (κ3) is 4.21. The number of oxazole rings is 1. The number of nitrogens with one attached hydrogen (secondary N) is 1. The highest BCUT2D eigenvalue weighted by molar-refractivity contribution is 5.79. The molecule has 1 saturated carbocycles. The van der Waals surface area contributed by atoms with E-state index < -0.39 is 23.9 Å². The van der Waals surface area contributed by atoms with E-state index in [0.29, 0.717) is 18.6 Å². The first-order chi connectivity index (χ1) is 11.9. The lowest BCUT2D eigenvalue weighted by molar-refractivity contribution is -0.198. The second-order valence-electron chi connectivity index (χ2n) is 6.24. The van der Waals surface area contributed by atoms with Crippen LogP contribution in [0.2, 0.25) is 0 Å². The van der Waals surface area contributed by atoms with Crippen LogP contribution in [0.15, 0.2) is 40.9 Å². The zero-order valence-electron chi connectivity index (χ0n) is 13.6. The summed E-state index contributed by atoms with van der Waals surface area (Å²) in [5.41, 5.74) is 0.844. The van der Waals surface area contributed by atoms with E-state index in [1.807, 2.05) is 30.3 Å². The molecule has 0 bridgehead atoms. The van der Waals surface area contributed by atoms with Crippen LogP contribution in [-0.2, 0) is 11.3 Å². The Labute approximate surface area is 143 Å². The maximum atomic E-state index is 13.1. The normalized spacial score (nSPS) is 21.1. The monoisotopic (exact) mass is 352 g/mol. The van der Waals surface area contributed by atoms with Gasteiger partial charge in [0, 0.05) is 11.5 Å². The molecule has 0 spiro atoms. The molecule has 134 valence electrons. The second kappa shape index (κ2) is 7.29.